The van der Waals surface area contributed by atoms with Crippen LogP contribution in [-0.2, 0) is 24.5 Å². The molecule has 0 atom stereocenters. The normalized spacial score (nSPS) is 14.0. The average molecular weight is 358 g/mol. The summed E-state index contributed by atoms with van der Waals surface area (Å²) in [5.74, 6) is 1.13. The fourth-order valence-electron chi connectivity index (χ4n) is 3.08. The summed E-state index contributed by atoms with van der Waals surface area (Å²) in [5, 5.41) is 21.9. The van der Waals surface area contributed by atoms with E-state index < -0.39 is 0 Å². The first-order valence-electron chi connectivity index (χ1n) is 8.85. The largest absolute Gasteiger partial charge is 0.508 e. The predicted molar refractivity (Wildman–Crippen MR) is 98.9 cm³/mol. The van der Waals surface area contributed by atoms with Crippen molar-refractivity contribution in [1.29, 1.82) is 0 Å². The summed E-state index contributed by atoms with van der Waals surface area (Å²) in [5.41, 5.74) is 9.29. The fourth-order valence-corrected chi connectivity index (χ4v) is 3.08. The lowest BCUT2D eigenvalue weighted by atomic mass is 9.99. The molecule has 0 saturated heterocycles. The molecule has 26 heavy (non-hydrogen) atoms. The molecule has 1 aliphatic heterocycles. The quantitative estimate of drug-likeness (QED) is 0.705. The zero-order valence-electron chi connectivity index (χ0n) is 15.2. The van der Waals surface area contributed by atoms with Crippen LogP contribution in [0.1, 0.15) is 42.0 Å². The van der Waals surface area contributed by atoms with Crippen molar-refractivity contribution in [3.63, 3.8) is 0 Å². The molecule has 6 nitrogen and oxygen atoms in total. The van der Waals surface area contributed by atoms with E-state index in [-0.39, 0.29) is 24.0 Å². The van der Waals surface area contributed by atoms with E-state index in [1.807, 2.05) is 37.1 Å². The number of nitrogens with zero attached hydrogens (tertiary/aromatic N) is 1. The van der Waals surface area contributed by atoms with E-state index in [2.05, 4.69) is 0 Å². The predicted octanol–water partition coefficient (Wildman–Crippen LogP) is 3.01. The van der Waals surface area contributed by atoms with Gasteiger partial charge in [-0.3, -0.25) is 4.84 Å². The third-order valence-corrected chi connectivity index (χ3v) is 4.51. The van der Waals surface area contributed by atoms with E-state index in [9.17, 15) is 10.2 Å². The van der Waals surface area contributed by atoms with Crippen molar-refractivity contribution in [1.82, 2.24) is 5.06 Å². The van der Waals surface area contributed by atoms with Gasteiger partial charge in [0.1, 0.15) is 23.9 Å². The third kappa shape index (κ3) is 4.09. The Morgan fingerprint density at radius 1 is 1.08 bits per heavy atom. The molecule has 2 aromatic rings. The molecule has 0 aliphatic carbocycles. The van der Waals surface area contributed by atoms with E-state index in [1.165, 1.54) is 11.6 Å². The topological polar surface area (TPSA) is 88.2 Å². The number of aromatic hydroxyl groups is 2. The minimum atomic E-state index is 0.0427. The minimum Gasteiger partial charge on any atom is -0.508 e. The van der Waals surface area contributed by atoms with Crippen LogP contribution in [0.25, 0.3) is 0 Å². The summed E-state index contributed by atoms with van der Waals surface area (Å²) in [7, 11) is 0. The minimum absolute atomic E-state index is 0.0427. The Morgan fingerprint density at radius 2 is 1.85 bits per heavy atom. The number of fused-ring (bicyclic) bond motifs is 1. The molecular formula is C20H26N2O4. The molecule has 0 fully saturated rings. The van der Waals surface area contributed by atoms with Crippen molar-refractivity contribution in [2.45, 2.75) is 39.5 Å². The van der Waals surface area contributed by atoms with Gasteiger partial charge in [0, 0.05) is 31.3 Å². The van der Waals surface area contributed by atoms with Gasteiger partial charge < -0.3 is 20.7 Å². The van der Waals surface area contributed by atoms with Gasteiger partial charge in [-0.15, -0.1) is 0 Å². The SMILES string of the molecule is CC(C)c1cc(CON2Cc3ccc(OCCN)cc3C2)c(O)cc1O. The second-order valence-corrected chi connectivity index (χ2v) is 6.83. The number of rotatable bonds is 7. The van der Waals surface area contributed by atoms with E-state index in [4.69, 9.17) is 15.3 Å². The Balaban J connectivity index is 1.63. The zero-order chi connectivity index (χ0) is 18.7. The summed E-state index contributed by atoms with van der Waals surface area (Å²) in [6, 6.07) is 9.19. The number of hydrogen-bond donors (Lipinski definition) is 3. The molecule has 0 bridgehead atoms. The van der Waals surface area contributed by atoms with Crippen molar-refractivity contribution in [3.05, 3.63) is 52.6 Å². The monoisotopic (exact) mass is 358 g/mol. The van der Waals surface area contributed by atoms with E-state index >= 15 is 0 Å². The van der Waals surface area contributed by atoms with Crippen LogP contribution >= 0.6 is 0 Å². The van der Waals surface area contributed by atoms with Gasteiger partial charge in [0.15, 0.2) is 0 Å². The maximum atomic E-state index is 10.1. The number of nitrogens with two attached hydrogens (primary N) is 1. The van der Waals surface area contributed by atoms with Gasteiger partial charge in [0.2, 0.25) is 0 Å². The van der Waals surface area contributed by atoms with E-state index in [0.717, 1.165) is 16.9 Å². The maximum absolute atomic E-state index is 10.1. The molecule has 0 unspecified atom stereocenters. The van der Waals surface area contributed by atoms with Crippen LogP contribution in [0.4, 0.5) is 0 Å². The summed E-state index contributed by atoms with van der Waals surface area (Å²) < 4.78 is 5.57. The molecule has 2 aromatic carbocycles. The highest BCUT2D eigenvalue weighted by molar-refractivity contribution is 5.46. The Hall–Kier alpha value is -2.28. The molecular weight excluding hydrogens is 332 g/mol. The number of benzene rings is 2. The Kier molecular flexibility index (Phi) is 5.66. The number of phenols is 2. The first-order valence-corrected chi connectivity index (χ1v) is 8.85. The summed E-state index contributed by atoms with van der Waals surface area (Å²) in [4.78, 5) is 5.88. The first-order chi connectivity index (χ1) is 12.5. The number of hydroxylamine groups is 2. The van der Waals surface area contributed by atoms with Gasteiger partial charge >= 0.3 is 0 Å². The van der Waals surface area contributed by atoms with Gasteiger partial charge in [-0.2, -0.15) is 5.06 Å². The molecule has 3 rings (SSSR count). The molecule has 1 heterocycles. The van der Waals surface area contributed by atoms with Crippen LogP contribution in [-0.4, -0.2) is 28.4 Å². The highest BCUT2D eigenvalue weighted by Crippen LogP contribution is 2.33. The van der Waals surface area contributed by atoms with Gasteiger partial charge in [-0.25, -0.2) is 0 Å². The maximum Gasteiger partial charge on any atom is 0.124 e. The van der Waals surface area contributed by atoms with E-state index in [0.29, 0.717) is 31.8 Å². The molecule has 140 valence electrons. The smallest absolute Gasteiger partial charge is 0.124 e. The van der Waals surface area contributed by atoms with Crippen LogP contribution in [0.5, 0.6) is 17.2 Å². The lowest BCUT2D eigenvalue weighted by Crippen LogP contribution is -2.16. The molecule has 0 amide bonds. The van der Waals surface area contributed by atoms with Crippen molar-refractivity contribution >= 4 is 0 Å². The van der Waals surface area contributed by atoms with Gasteiger partial charge in [-0.05, 0) is 40.8 Å². The zero-order valence-corrected chi connectivity index (χ0v) is 15.2. The molecule has 0 radical (unpaired) electrons. The van der Waals surface area contributed by atoms with Crippen LogP contribution in [0.2, 0.25) is 0 Å². The molecule has 0 saturated carbocycles. The summed E-state index contributed by atoms with van der Waals surface area (Å²) in [6.07, 6.45) is 0. The summed E-state index contributed by atoms with van der Waals surface area (Å²) >= 11 is 0. The molecule has 4 N–H and O–H groups in total. The number of ether oxygens (including phenoxy) is 1. The standard InChI is InChI=1S/C20H26N2O4/c1-13(2)18-8-16(19(23)9-20(18)24)12-26-22-10-14-3-4-17(25-6-5-21)7-15(14)11-22/h3-4,7-9,13,23-24H,5-6,10-12,21H2,1-2H3. The van der Waals surface area contributed by atoms with E-state index in [1.54, 1.807) is 6.07 Å². The lowest BCUT2D eigenvalue weighted by molar-refractivity contribution is -0.176. The Morgan fingerprint density at radius 3 is 2.58 bits per heavy atom. The highest BCUT2D eigenvalue weighted by Gasteiger charge is 2.21. The van der Waals surface area contributed by atoms with Crippen molar-refractivity contribution < 1.29 is 19.8 Å². The number of hydrogen-bond acceptors (Lipinski definition) is 6. The molecule has 0 spiro atoms. The van der Waals surface area contributed by atoms with Crippen LogP contribution in [0.15, 0.2) is 30.3 Å². The first kappa shape index (κ1) is 18.5. The van der Waals surface area contributed by atoms with Gasteiger partial charge in [0.05, 0.1) is 6.61 Å². The Bertz CT molecular complexity index is 777. The molecule has 6 heteroatoms. The van der Waals surface area contributed by atoms with Crippen molar-refractivity contribution in [2.24, 2.45) is 5.73 Å². The van der Waals surface area contributed by atoms with Crippen LogP contribution in [0, 0.1) is 0 Å². The lowest BCUT2D eigenvalue weighted by Gasteiger charge is -2.17. The highest BCUT2D eigenvalue weighted by atomic mass is 16.7. The number of phenolic OH excluding ortho intramolecular Hbond substituents is 2. The average Bonchev–Trinajstić information content (AvgIpc) is 3.01. The van der Waals surface area contributed by atoms with Crippen molar-refractivity contribution in [2.75, 3.05) is 13.2 Å². The van der Waals surface area contributed by atoms with Crippen LogP contribution < -0.4 is 10.5 Å². The van der Waals surface area contributed by atoms with Crippen molar-refractivity contribution in [3.8, 4) is 17.2 Å². The fraction of sp³-hybridized carbons (Fsp3) is 0.400. The van der Waals surface area contributed by atoms with Gasteiger partial charge in [-0.1, -0.05) is 19.9 Å². The van der Waals surface area contributed by atoms with Crippen LogP contribution in [0.3, 0.4) is 0 Å². The molecule has 1 aliphatic rings. The summed E-state index contributed by atoms with van der Waals surface area (Å²) in [6.45, 7) is 6.57. The second-order valence-electron chi connectivity index (χ2n) is 6.83. The third-order valence-electron chi connectivity index (χ3n) is 4.51. The molecule has 0 aromatic heterocycles. The second kappa shape index (κ2) is 7.95. The van der Waals surface area contributed by atoms with Gasteiger partial charge in [0.25, 0.3) is 0 Å². The Labute approximate surface area is 153 Å².